The number of hydrogen-bond acceptors (Lipinski definition) is 1. The molecular formula is C13H11BrFIS. The second-order valence-corrected chi connectivity index (χ2v) is 7.72. The molecule has 17 heavy (non-hydrogen) atoms. The fourth-order valence-electron chi connectivity index (χ4n) is 1.94. The maximum atomic E-state index is 13.3. The molecule has 0 amide bonds. The highest BCUT2D eigenvalue weighted by Gasteiger charge is 2.17. The highest BCUT2D eigenvalue weighted by atomic mass is 127. The van der Waals surface area contributed by atoms with Gasteiger partial charge >= 0.3 is 0 Å². The van der Waals surface area contributed by atoms with Gasteiger partial charge in [0.25, 0.3) is 0 Å². The lowest BCUT2D eigenvalue weighted by molar-refractivity contribution is 0.624. The van der Waals surface area contributed by atoms with Crippen LogP contribution in [0.15, 0.2) is 23.6 Å². The summed E-state index contributed by atoms with van der Waals surface area (Å²) in [7, 11) is 0. The van der Waals surface area contributed by atoms with Crippen molar-refractivity contribution < 1.29 is 4.39 Å². The van der Waals surface area contributed by atoms with Gasteiger partial charge in [-0.3, -0.25) is 0 Å². The predicted molar refractivity (Wildman–Crippen MR) is 83.7 cm³/mol. The van der Waals surface area contributed by atoms with Crippen molar-refractivity contribution in [3.05, 3.63) is 54.5 Å². The highest BCUT2D eigenvalue weighted by molar-refractivity contribution is 14.1. The van der Waals surface area contributed by atoms with Gasteiger partial charge in [-0.05, 0) is 82.3 Å². The van der Waals surface area contributed by atoms with Crippen molar-refractivity contribution in [1.82, 2.24) is 0 Å². The van der Waals surface area contributed by atoms with Gasteiger partial charge in [-0.2, -0.15) is 0 Å². The van der Waals surface area contributed by atoms with Crippen molar-refractivity contribution in [2.45, 2.75) is 18.7 Å². The Kier molecular flexibility index (Phi) is 4.26. The van der Waals surface area contributed by atoms with E-state index in [0.717, 1.165) is 11.1 Å². The molecule has 0 bridgehead atoms. The molecule has 0 nitrogen and oxygen atoms in total. The van der Waals surface area contributed by atoms with E-state index in [9.17, 15) is 4.39 Å². The van der Waals surface area contributed by atoms with Gasteiger partial charge in [-0.1, -0.05) is 15.9 Å². The number of aryl methyl sites for hydroxylation is 2. The molecule has 0 aliphatic heterocycles. The lowest BCUT2D eigenvalue weighted by atomic mass is 9.97. The van der Waals surface area contributed by atoms with Crippen LogP contribution in [-0.4, -0.2) is 0 Å². The van der Waals surface area contributed by atoms with E-state index in [4.69, 9.17) is 0 Å². The van der Waals surface area contributed by atoms with Crippen LogP contribution in [0.5, 0.6) is 0 Å². The number of alkyl halides is 1. The first-order valence-corrected chi connectivity index (χ1v) is 8.01. The van der Waals surface area contributed by atoms with Crippen LogP contribution in [0.3, 0.4) is 0 Å². The second-order valence-electron chi connectivity index (χ2n) is 4.00. The van der Waals surface area contributed by atoms with E-state index in [1.165, 1.54) is 14.0 Å². The van der Waals surface area contributed by atoms with Crippen molar-refractivity contribution in [2.75, 3.05) is 0 Å². The minimum absolute atomic E-state index is 0.142. The lowest BCUT2D eigenvalue weighted by Crippen LogP contribution is -1.99. The smallest absolute Gasteiger partial charge is 0.123 e. The topological polar surface area (TPSA) is 0 Å². The molecule has 0 radical (unpaired) electrons. The van der Waals surface area contributed by atoms with Crippen LogP contribution in [0, 0.1) is 22.5 Å². The van der Waals surface area contributed by atoms with E-state index >= 15 is 0 Å². The molecular weight excluding hydrogens is 414 g/mol. The summed E-state index contributed by atoms with van der Waals surface area (Å²) in [6.45, 7) is 3.91. The third-order valence-corrected chi connectivity index (χ3v) is 5.49. The average molecular weight is 425 g/mol. The van der Waals surface area contributed by atoms with Crippen LogP contribution < -0.4 is 0 Å². The summed E-state index contributed by atoms with van der Waals surface area (Å²) in [5, 5.41) is 2.14. The number of rotatable bonds is 2. The molecule has 4 heteroatoms. The molecule has 1 aromatic carbocycles. The maximum absolute atomic E-state index is 13.3. The highest BCUT2D eigenvalue weighted by Crippen LogP contribution is 2.37. The van der Waals surface area contributed by atoms with Crippen LogP contribution in [0.2, 0.25) is 0 Å². The predicted octanol–water partition coefficient (Wildman–Crippen LogP) is 5.59. The zero-order valence-electron chi connectivity index (χ0n) is 9.43. The normalized spacial score (nSPS) is 12.8. The molecule has 2 rings (SSSR count). The first kappa shape index (κ1) is 13.5. The van der Waals surface area contributed by atoms with Gasteiger partial charge < -0.3 is 0 Å². The molecule has 0 aliphatic carbocycles. The van der Waals surface area contributed by atoms with Crippen molar-refractivity contribution in [2.24, 2.45) is 0 Å². The van der Waals surface area contributed by atoms with Crippen molar-refractivity contribution in [1.29, 1.82) is 0 Å². The van der Waals surface area contributed by atoms with Gasteiger partial charge in [0, 0.05) is 0 Å². The number of thiophene rings is 1. The largest absolute Gasteiger partial charge is 0.207 e. The fraction of sp³-hybridized carbons (Fsp3) is 0.231. The molecule has 0 spiro atoms. The summed E-state index contributed by atoms with van der Waals surface area (Å²) in [5.74, 6) is -0.164. The van der Waals surface area contributed by atoms with Crippen LogP contribution in [0.25, 0.3) is 0 Å². The number of hydrogen-bond donors (Lipinski definition) is 0. The van der Waals surface area contributed by atoms with Gasteiger partial charge in [0.1, 0.15) is 5.82 Å². The molecule has 0 N–H and O–H groups in total. The van der Waals surface area contributed by atoms with Crippen molar-refractivity contribution in [3.63, 3.8) is 0 Å². The molecule has 1 unspecified atom stereocenters. The van der Waals surface area contributed by atoms with Crippen LogP contribution >= 0.6 is 49.9 Å². The van der Waals surface area contributed by atoms with E-state index < -0.39 is 0 Å². The second kappa shape index (κ2) is 5.36. The SMILES string of the molecule is Cc1cc(F)cc(C)c1C(Br)c1csc(I)c1. The van der Waals surface area contributed by atoms with E-state index in [2.05, 4.69) is 50.0 Å². The zero-order chi connectivity index (χ0) is 12.6. The molecule has 1 heterocycles. The third kappa shape index (κ3) is 2.90. The molecule has 0 saturated carbocycles. The summed E-state index contributed by atoms with van der Waals surface area (Å²) in [4.78, 5) is 0.142. The molecule has 2 aromatic rings. The van der Waals surface area contributed by atoms with E-state index in [-0.39, 0.29) is 10.6 Å². The average Bonchev–Trinajstić information content (AvgIpc) is 2.63. The van der Waals surface area contributed by atoms with Crippen molar-refractivity contribution in [3.8, 4) is 0 Å². The van der Waals surface area contributed by atoms with Gasteiger partial charge in [-0.15, -0.1) is 11.3 Å². The Labute approximate surface area is 127 Å². The Morgan fingerprint density at radius 1 is 1.24 bits per heavy atom. The summed E-state index contributed by atoms with van der Waals surface area (Å²) < 4.78 is 14.5. The van der Waals surface area contributed by atoms with E-state index in [0.29, 0.717) is 0 Å². The Morgan fingerprint density at radius 2 is 1.82 bits per heavy atom. The molecule has 0 aliphatic rings. The van der Waals surface area contributed by atoms with E-state index in [1.54, 1.807) is 23.5 Å². The maximum Gasteiger partial charge on any atom is 0.123 e. The lowest BCUT2D eigenvalue weighted by Gasteiger charge is -2.15. The monoisotopic (exact) mass is 424 g/mol. The van der Waals surface area contributed by atoms with Crippen LogP contribution in [-0.2, 0) is 0 Å². The quantitative estimate of drug-likeness (QED) is 0.435. The van der Waals surface area contributed by atoms with Crippen LogP contribution in [0.4, 0.5) is 4.39 Å². The summed E-state index contributed by atoms with van der Waals surface area (Å²) in [5.41, 5.74) is 4.38. The first-order valence-electron chi connectivity index (χ1n) is 5.13. The van der Waals surface area contributed by atoms with Gasteiger partial charge in [-0.25, -0.2) is 4.39 Å². The molecule has 1 atom stereocenters. The molecule has 90 valence electrons. The Hall–Kier alpha value is 0.0600. The van der Waals surface area contributed by atoms with Gasteiger partial charge in [0.15, 0.2) is 0 Å². The third-order valence-electron chi connectivity index (χ3n) is 2.69. The minimum Gasteiger partial charge on any atom is -0.207 e. The summed E-state index contributed by atoms with van der Waals surface area (Å²) >= 11 is 7.75. The van der Waals surface area contributed by atoms with Gasteiger partial charge in [0.05, 0.1) is 7.71 Å². The summed E-state index contributed by atoms with van der Waals surface area (Å²) in [6.07, 6.45) is 0. The Morgan fingerprint density at radius 3 is 2.29 bits per heavy atom. The zero-order valence-corrected chi connectivity index (χ0v) is 14.0. The molecule has 0 fully saturated rings. The molecule has 1 aromatic heterocycles. The molecule has 0 saturated heterocycles. The Balaban J connectivity index is 2.47. The minimum atomic E-state index is -0.164. The fourth-order valence-corrected chi connectivity index (χ4v) is 4.50. The first-order chi connectivity index (χ1) is 7.99. The van der Waals surface area contributed by atoms with Gasteiger partial charge in [0.2, 0.25) is 0 Å². The number of benzene rings is 1. The van der Waals surface area contributed by atoms with Crippen molar-refractivity contribution >= 4 is 49.9 Å². The van der Waals surface area contributed by atoms with Crippen LogP contribution in [0.1, 0.15) is 27.1 Å². The standard InChI is InChI=1S/C13H11BrFIS/c1-7-3-10(15)4-8(2)12(7)13(14)9-5-11(16)17-6-9/h3-6,13H,1-2H3. The van der Waals surface area contributed by atoms with E-state index in [1.807, 2.05) is 13.8 Å². The summed E-state index contributed by atoms with van der Waals surface area (Å²) in [6, 6.07) is 5.34. The number of halogens is 3. The Bertz CT molecular complexity index is 527.